The second kappa shape index (κ2) is 5.34. The molecule has 2 bridgehead atoms. The molecule has 0 unspecified atom stereocenters. The molecule has 0 aliphatic heterocycles. The van der Waals surface area contributed by atoms with E-state index in [1.54, 1.807) is 10.6 Å². The van der Waals surface area contributed by atoms with Crippen LogP contribution in [0.25, 0.3) is 0 Å². The van der Waals surface area contributed by atoms with E-state index in [-0.39, 0.29) is 7.92 Å². The molecule has 0 amide bonds. The summed E-state index contributed by atoms with van der Waals surface area (Å²) in [5, 5.41) is 3.15. The predicted octanol–water partition coefficient (Wildman–Crippen LogP) is 4.31. The maximum absolute atomic E-state index is 2.35. The van der Waals surface area contributed by atoms with Gasteiger partial charge in [0.15, 0.2) is 0 Å². The molecule has 3 atom stereocenters. The molecule has 2 fully saturated rings. The Morgan fingerprint density at radius 3 is 1.75 bits per heavy atom. The summed E-state index contributed by atoms with van der Waals surface area (Å²) >= 11 is 0. The monoisotopic (exact) mass is 280 g/mol. The van der Waals surface area contributed by atoms with Gasteiger partial charge in [-0.15, -0.1) is 0 Å². The lowest BCUT2D eigenvalue weighted by Crippen LogP contribution is -2.25. The third kappa shape index (κ3) is 2.21. The molecular weight excluding hydrogens is 259 g/mol. The second-order valence-electron chi connectivity index (χ2n) is 6.28. The minimum atomic E-state index is -0.167. The fourth-order valence-electron chi connectivity index (χ4n) is 4.24. The minimum Gasteiger partial charge on any atom is -0.0622 e. The highest BCUT2D eigenvalue weighted by Gasteiger charge is 2.43. The van der Waals surface area contributed by atoms with Crippen LogP contribution in [0.4, 0.5) is 0 Å². The van der Waals surface area contributed by atoms with Gasteiger partial charge in [0.2, 0.25) is 0 Å². The molecule has 2 aliphatic rings. The van der Waals surface area contributed by atoms with Gasteiger partial charge in [0, 0.05) is 0 Å². The first kappa shape index (κ1) is 12.6. The lowest BCUT2D eigenvalue weighted by atomic mass is 10.0. The van der Waals surface area contributed by atoms with Crippen LogP contribution in [0.2, 0.25) is 0 Å². The molecule has 0 spiro atoms. The summed E-state index contributed by atoms with van der Waals surface area (Å²) in [5.74, 6) is 2.02. The van der Waals surface area contributed by atoms with Gasteiger partial charge in [-0.1, -0.05) is 67.1 Å². The highest BCUT2D eigenvalue weighted by atomic mass is 31.1. The van der Waals surface area contributed by atoms with E-state index < -0.39 is 0 Å². The molecule has 102 valence electrons. The van der Waals surface area contributed by atoms with Crippen LogP contribution in [0.1, 0.15) is 25.7 Å². The van der Waals surface area contributed by atoms with Gasteiger partial charge in [-0.05, 0) is 55.3 Å². The average Bonchev–Trinajstić information content (AvgIpc) is 3.13. The Kier molecular flexibility index (Phi) is 3.36. The van der Waals surface area contributed by atoms with Gasteiger partial charge < -0.3 is 0 Å². The smallest absolute Gasteiger partial charge is 0.00977 e. The maximum Gasteiger partial charge on any atom is -0.00977 e. The van der Waals surface area contributed by atoms with Crippen LogP contribution in [-0.4, -0.2) is 5.66 Å². The topological polar surface area (TPSA) is 0 Å². The van der Waals surface area contributed by atoms with Crippen molar-refractivity contribution in [2.45, 2.75) is 31.3 Å². The number of rotatable bonds is 3. The van der Waals surface area contributed by atoms with E-state index in [1.807, 2.05) is 0 Å². The SMILES string of the molecule is c1ccc(P(c2ccccc2)[C@H]2C[C@H]3CC[C@H]2C3)cc1. The standard InChI is InChI=1S/C19H21P/c1-3-7-17(8-4-1)20(18-9-5-2-6-10-18)19-14-15-11-12-16(19)13-15/h1-10,15-16,19H,11-14H2/t15-,16-,19-/m0/s1. The molecule has 0 nitrogen and oxygen atoms in total. The van der Waals surface area contributed by atoms with Crippen molar-refractivity contribution < 1.29 is 0 Å². The molecule has 20 heavy (non-hydrogen) atoms. The first-order valence-corrected chi connectivity index (χ1v) is 9.22. The van der Waals surface area contributed by atoms with E-state index in [1.165, 1.54) is 25.7 Å². The van der Waals surface area contributed by atoms with Crippen LogP contribution >= 0.6 is 7.92 Å². The minimum absolute atomic E-state index is 0.167. The molecule has 2 aromatic rings. The molecular formula is C19H21P. The maximum atomic E-state index is 2.35. The van der Waals surface area contributed by atoms with Gasteiger partial charge in [-0.2, -0.15) is 0 Å². The van der Waals surface area contributed by atoms with Gasteiger partial charge >= 0.3 is 0 Å². The van der Waals surface area contributed by atoms with Gasteiger partial charge in [0.25, 0.3) is 0 Å². The van der Waals surface area contributed by atoms with Crippen molar-refractivity contribution in [2.75, 3.05) is 0 Å². The van der Waals surface area contributed by atoms with Crippen LogP contribution in [0.15, 0.2) is 60.7 Å². The molecule has 0 heterocycles. The van der Waals surface area contributed by atoms with Crippen molar-refractivity contribution in [1.82, 2.24) is 0 Å². The van der Waals surface area contributed by atoms with Crippen molar-refractivity contribution in [3.63, 3.8) is 0 Å². The molecule has 0 N–H and O–H groups in total. The summed E-state index contributed by atoms with van der Waals surface area (Å²) in [4.78, 5) is 0. The zero-order valence-electron chi connectivity index (χ0n) is 11.8. The first-order valence-electron chi connectivity index (χ1n) is 7.81. The zero-order valence-corrected chi connectivity index (χ0v) is 12.7. The lowest BCUT2D eigenvalue weighted by molar-refractivity contribution is 0.489. The summed E-state index contributed by atoms with van der Waals surface area (Å²) in [6.07, 6.45) is 5.95. The number of hydrogen-bond donors (Lipinski definition) is 0. The Morgan fingerprint density at radius 2 is 1.30 bits per heavy atom. The highest BCUT2D eigenvalue weighted by Crippen LogP contribution is 2.57. The lowest BCUT2D eigenvalue weighted by Gasteiger charge is -2.31. The van der Waals surface area contributed by atoms with Crippen molar-refractivity contribution >= 4 is 18.5 Å². The van der Waals surface area contributed by atoms with Crippen molar-refractivity contribution in [3.8, 4) is 0 Å². The first-order chi connectivity index (χ1) is 9.92. The Labute approximate surface area is 123 Å². The van der Waals surface area contributed by atoms with Gasteiger partial charge in [-0.3, -0.25) is 0 Å². The van der Waals surface area contributed by atoms with Crippen molar-refractivity contribution in [2.24, 2.45) is 11.8 Å². The second-order valence-corrected chi connectivity index (χ2v) is 8.72. The van der Waals surface area contributed by atoms with Gasteiger partial charge in [0.05, 0.1) is 0 Å². The third-order valence-corrected chi connectivity index (χ3v) is 8.11. The Hall–Kier alpha value is -1.13. The molecule has 4 rings (SSSR count). The Morgan fingerprint density at radius 1 is 0.700 bits per heavy atom. The quantitative estimate of drug-likeness (QED) is 0.735. The van der Waals surface area contributed by atoms with Crippen molar-refractivity contribution in [1.29, 1.82) is 0 Å². The number of hydrogen-bond acceptors (Lipinski definition) is 0. The number of fused-ring (bicyclic) bond motifs is 2. The number of benzene rings is 2. The van der Waals surface area contributed by atoms with E-state index in [2.05, 4.69) is 60.7 Å². The Bertz CT molecular complexity index is 523. The largest absolute Gasteiger partial charge is 0.0622 e. The molecule has 2 saturated carbocycles. The van der Waals surface area contributed by atoms with Crippen LogP contribution in [0.3, 0.4) is 0 Å². The summed E-state index contributed by atoms with van der Waals surface area (Å²) in [7, 11) is -0.167. The third-order valence-electron chi connectivity index (χ3n) is 5.10. The van der Waals surface area contributed by atoms with Gasteiger partial charge in [-0.25, -0.2) is 0 Å². The molecule has 2 aromatic carbocycles. The molecule has 0 aromatic heterocycles. The van der Waals surface area contributed by atoms with E-state index >= 15 is 0 Å². The van der Waals surface area contributed by atoms with E-state index in [0.29, 0.717) is 0 Å². The molecule has 2 aliphatic carbocycles. The normalized spacial score (nSPS) is 28.1. The van der Waals surface area contributed by atoms with Crippen LogP contribution < -0.4 is 10.6 Å². The summed E-state index contributed by atoms with van der Waals surface area (Å²) in [6, 6.07) is 22.5. The Balaban J connectivity index is 1.74. The van der Waals surface area contributed by atoms with Crippen LogP contribution in [-0.2, 0) is 0 Å². The van der Waals surface area contributed by atoms with E-state index in [4.69, 9.17) is 0 Å². The predicted molar refractivity (Wildman–Crippen MR) is 88.3 cm³/mol. The van der Waals surface area contributed by atoms with E-state index in [0.717, 1.165) is 17.5 Å². The van der Waals surface area contributed by atoms with Crippen LogP contribution in [0.5, 0.6) is 0 Å². The van der Waals surface area contributed by atoms with Gasteiger partial charge in [0.1, 0.15) is 0 Å². The summed E-state index contributed by atoms with van der Waals surface area (Å²) < 4.78 is 0. The fourth-order valence-corrected chi connectivity index (χ4v) is 7.49. The van der Waals surface area contributed by atoms with Crippen LogP contribution in [0, 0.1) is 11.8 Å². The van der Waals surface area contributed by atoms with Crippen molar-refractivity contribution in [3.05, 3.63) is 60.7 Å². The van der Waals surface area contributed by atoms with E-state index in [9.17, 15) is 0 Å². The summed E-state index contributed by atoms with van der Waals surface area (Å²) in [6.45, 7) is 0. The highest BCUT2D eigenvalue weighted by molar-refractivity contribution is 7.73. The zero-order chi connectivity index (χ0) is 13.4. The average molecular weight is 280 g/mol. The molecule has 1 heteroatoms. The summed E-state index contributed by atoms with van der Waals surface area (Å²) in [5.41, 5.74) is 0.925. The molecule has 0 saturated heterocycles. The molecule has 0 radical (unpaired) electrons. The fraction of sp³-hybridized carbons (Fsp3) is 0.368.